The van der Waals surface area contributed by atoms with E-state index in [-0.39, 0.29) is 11.7 Å². The molecule has 6 nitrogen and oxygen atoms in total. The van der Waals surface area contributed by atoms with E-state index in [1.54, 1.807) is 26.4 Å². The van der Waals surface area contributed by atoms with Crippen LogP contribution in [-0.2, 0) is 13.0 Å². The number of nitrogens with zero attached hydrogens (tertiary/aromatic N) is 2. The molecule has 152 valence electrons. The van der Waals surface area contributed by atoms with Crippen LogP contribution in [0.1, 0.15) is 48.4 Å². The Morgan fingerprint density at radius 2 is 2.04 bits per heavy atom. The Kier molecular flexibility index (Phi) is 6.73. The van der Waals surface area contributed by atoms with E-state index in [4.69, 9.17) is 9.47 Å². The minimum Gasteiger partial charge on any atom is -0.493 e. The zero-order valence-corrected chi connectivity index (χ0v) is 17.3. The van der Waals surface area contributed by atoms with Crippen LogP contribution in [0, 0.1) is 11.8 Å². The summed E-state index contributed by atoms with van der Waals surface area (Å²) in [5.74, 6) is 2.01. The maximum Gasteiger partial charge on any atom is 0.167 e. The average Bonchev–Trinajstić information content (AvgIpc) is 3.12. The molecule has 1 N–H and O–H groups in total. The molecular formula is C22H31N3O3. The molecule has 2 aromatic rings. The fourth-order valence-electron chi connectivity index (χ4n) is 3.89. The highest BCUT2D eigenvalue weighted by Crippen LogP contribution is 2.30. The first-order valence-electron chi connectivity index (χ1n) is 10.0. The zero-order valence-electron chi connectivity index (χ0n) is 17.3. The van der Waals surface area contributed by atoms with Gasteiger partial charge in [-0.3, -0.25) is 14.8 Å². The standard InChI is InChI=1S/C22H31N3O3/c1-15(2)10-18-12-19(24-23-18)14-25-9-5-6-17(13-25)22(26)16-7-8-20(27-3)21(11-16)28-4/h7-8,11-12,15,17H,5-6,9-10,13-14H2,1-4H3,(H,23,24)/t17-/m0/s1. The molecule has 6 heteroatoms. The molecule has 0 spiro atoms. The van der Waals surface area contributed by atoms with Gasteiger partial charge in [-0.2, -0.15) is 5.10 Å². The number of aromatic nitrogens is 2. The van der Waals surface area contributed by atoms with Gasteiger partial charge in [0.15, 0.2) is 17.3 Å². The van der Waals surface area contributed by atoms with Crippen molar-refractivity contribution in [3.8, 4) is 11.5 Å². The molecule has 28 heavy (non-hydrogen) atoms. The monoisotopic (exact) mass is 385 g/mol. The number of nitrogens with one attached hydrogen (secondary N) is 1. The van der Waals surface area contributed by atoms with Gasteiger partial charge in [0, 0.05) is 30.3 Å². The van der Waals surface area contributed by atoms with Gasteiger partial charge in [-0.1, -0.05) is 13.8 Å². The third-order valence-corrected chi connectivity index (χ3v) is 5.24. The molecule has 3 rings (SSSR count). The fraction of sp³-hybridized carbons (Fsp3) is 0.545. The Morgan fingerprint density at radius 1 is 1.25 bits per heavy atom. The first-order valence-corrected chi connectivity index (χ1v) is 10.0. The summed E-state index contributed by atoms with van der Waals surface area (Å²) in [4.78, 5) is 15.4. The number of methoxy groups -OCH3 is 2. The lowest BCUT2D eigenvalue weighted by Crippen LogP contribution is -2.38. The van der Waals surface area contributed by atoms with Crippen molar-refractivity contribution in [2.45, 2.75) is 39.7 Å². The molecule has 0 saturated carbocycles. The van der Waals surface area contributed by atoms with E-state index < -0.39 is 0 Å². The van der Waals surface area contributed by atoms with E-state index in [1.807, 2.05) is 6.07 Å². The van der Waals surface area contributed by atoms with Crippen molar-refractivity contribution in [1.29, 1.82) is 0 Å². The molecule has 0 radical (unpaired) electrons. The average molecular weight is 386 g/mol. The highest BCUT2D eigenvalue weighted by atomic mass is 16.5. The van der Waals surface area contributed by atoms with Gasteiger partial charge < -0.3 is 9.47 Å². The molecule has 2 heterocycles. The lowest BCUT2D eigenvalue weighted by atomic mass is 9.89. The highest BCUT2D eigenvalue weighted by Gasteiger charge is 2.27. The van der Waals surface area contributed by atoms with E-state index in [0.717, 1.165) is 50.3 Å². The fourth-order valence-corrected chi connectivity index (χ4v) is 3.89. The van der Waals surface area contributed by atoms with Crippen LogP contribution in [0.4, 0.5) is 0 Å². The second kappa shape index (κ2) is 9.24. The normalized spacial score (nSPS) is 17.7. The van der Waals surface area contributed by atoms with E-state index in [9.17, 15) is 4.79 Å². The predicted octanol–water partition coefficient (Wildman–Crippen LogP) is 3.72. The number of Topliss-reactive ketones (excluding diaryl/α,β-unsaturated/α-hetero) is 1. The quantitative estimate of drug-likeness (QED) is 0.702. The number of carbonyl (C=O) groups is 1. The number of H-pyrrole nitrogens is 1. The summed E-state index contributed by atoms with van der Waals surface area (Å²) in [6.45, 7) is 6.98. The number of ketones is 1. The smallest absolute Gasteiger partial charge is 0.167 e. The number of hydrogen-bond acceptors (Lipinski definition) is 5. The summed E-state index contributed by atoms with van der Waals surface area (Å²) >= 11 is 0. The Balaban J connectivity index is 1.64. The number of benzene rings is 1. The number of ether oxygens (including phenoxy) is 2. The van der Waals surface area contributed by atoms with Crippen LogP contribution in [0.3, 0.4) is 0 Å². The maximum atomic E-state index is 13.0. The third kappa shape index (κ3) is 4.93. The van der Waals surface area contributed by atoms with Gasteiger partial charge in [-0.25, -0.2) is 0 Å². The van der Waals surface area contributed by atoms with Crippen molar-refractivity contribution in [2.75, 3.05) is 27.3 Å². The van der Waals surface area contributed by atoms with Crippen LogP contribution in [0.25, 0.3) is 0 Å². The Morgan fingerprint density at radius 3 is 2.75 bits per heavy atom. The number of likely N-dealkylation sites (tertiary alicyclic amines) is 1. The lowest BCUT2D eigenvalue weighted by Gasteiger charge is -2.31. The van der Waals surface area contributed by atoms with Crippen molar-refractivity contribution >= 4 is 5.78 Å². The Labute approximate surface area is 167 Å². The summed E-state index contributed by atoms with van der Waals surface area (Å²) in [5, 5.41) is 7.57. The lowest BCUT2D eigenvalue weighted by molar-refractivity contribution is 0.0809. The molecule has 0 unspecified atom stereocenters. The summed E-state index contributed by atoms with van der Waals surface area (Å²) in [6, 6.07) is 7.57. The van der Waals surface area contributed by atoms with Crippen molar-refractivity contribution in [1.82, 2.24) is 15.1 Å². The SMILES string of the molecule is COc1ccc(C(=O)[C@H]2CCCN(Cc3cc(CC(C)C)n[nH]3)C2)cc1OC. The second-order valence-corrected chi connectivity index (χ2v) is 7.99. The zero-order chi connectivity index (χ0) is 20.1. The first-order chi connectivity index (χ1) is 13.5. The van der Waals surface area contributed by atoms with E-state index in [0.29, 0.717) is 23.0 Å². The third-order valence-electron chi connectivity index (χ3n) is 5.24. The van der Waals surface area contributed by atoms with Gasteiger partial charge in [0.1, 0.15) is 0 Å². The molecule has 0 amide bonds. The van der Waals surface area contributed by atoms with Crippen molar-refractivity contribution in [2.24, 2.45) is 11.8 Å². The summed E-state index contributed by atoms with van der Waals surface area (Å²) in [7, 11) is 3.19. The molecule has 1 atom stereocenters. The first kappa shape index (κ1) is 20.4. The second-order valence-electron chi connectivity index (χ2n) is 7.99. The topological polar surface area (TPSA) is 67.5 Å². The minimum atomic E-state index is 0.00454. The molecule has 0 bridgehead atoms. The van der Waals surface area contributed by atoms with Crippen LogP contribution in [0.2, 0.25) is 0 Å². The molecule has 1 aromatic heterocycles. The van der Waals surface area contributed by atoms with Crippen LogP contribution in [0.15, 0.2) is 24.3 Å². The van der Waals surface area contributed by atoms with Crippen molar-refractivity contribution in [3.63, 3.8) is 0 Å². The van der Waals surface area contributed by atoms with E-state index in [2.05, 4.69) is 35.0 Å². The number of carbonyl (C=O) groups excluding carboxylic acids is 1. The molecular weight excluding hydrogens is 354 g/mol. The van der Waals surface area contributed by atoms with E-state index in [1.165, 1.54) is 0 Å². The van der Waals surface area contributed by atoms with Gasteiger partial charge in [0.2, 0.25) is 0 Å². The summed E-state index contributed by atoms with van der Waals surface area (Å²) in [6.07, 6.45) is 2.93. The molecule has 1 aliphatic heterocycles. The van der Waals surface area contributed by atoms with Crippen LogP contribution < -0.4 is 9.47 Å². The van der Waals surface area contributed by atoms with Crippen LogP contribution in [0.5, 0.6) is 11.5 Å². The predicted molar refractivity (Wildman–Crippen MR) is 109 cm³/mol. The Hall–Kier alpha value is -2.34. The highest BCUT2D eigenvalue weighted by molar-refractivity contribution is 5.98. The molecule has 1 fully saturated rings. The molecule has 0 aliphatic carbocycles. The largest absolute Gasteiger partial charge is 0.493 e. The number of piperidine rings is 1. The van der Waals surface area contributed by atoms with Gasteiger partial charge >= 0.3 is 0 Å². The molecule has 1 saturated heterocycles. The van der Waals surface area contributed by atoms with Crippen LogP contribution in [-0.4, -0.2) is 48.2 Å². The Bertz CT molecular complexity index is 800. The number of hydrogen-bond donors (Lipinski definition) is 1. The molecule has 1 aromatic carbocycles. The van der Waals surface area contributed by atoms with Gasteiger partial charge in [0.25, 0.3) is 0 Å². The number of aromatic amines is 1. The number of rotatable bonds is 8. The maximum absolute atomic E-state index is 13.0. The van der Waals surface area contributed by atoms with Gasteiger partial charge in [0.05, 0.1) is 19.9 Å². The van der Waals surface area contributed by atoms with Crippen LogP contribution >= 0.6 is 0 Å². The van der Waals surface area contributed by atoms with E-state index >= 15 is 0 Å². The van der Waals surface area contributed by atoms with Crippen molar-refractivity contribution in [3.05, 3.63) is 41.2 Å². The summed E-state index contributed by atoms with van der Waals surface area (Å²) < 4.78 is 10.6. The summed E-state index contributed by atoms with van der Waals surface area (Å²) in [5.41, 5.74) is 2.92. The van der Waals surface area contributed by atoms with Gasteiger partial charge in [-0.15, -0.1) is 0 Å². The van der Waals surface area contributed by atoms with Crippen molar-refractivity contribution < 1.29 is 14.3 Å². The molecule has 1 aliphatic rings. The van der Waals surface area contributed by atoms with Gasteiger partial charge in [-0.05, 0) is 56.0 Å². The minimum absolute atomic E-state index is 0.00454.